The van der Waals surface area contributed by atoms with Crippen LogP contribution in [0.3, 0.4) is 0 Å². The van der Waals surface area contributed by atoms with Crippen LogP contribution in [-0.2, 0) is 19.0 Å². The fraction of sp³-hybridized carbons (Fsp3) is 0.500. The SMILES string of the molecule is COCOC1CC2CC(c3ccc4ccccc4c3)C(C(=O)OC)C1N2C. The van der Waals surface area contributed by atoms with Crippen molar-refractivity contribution in [1.29, 1.82) is 0 Å². The lowest BCUT2D eigenvalue weighted by atomic mass is 9.75. The van der Waals surface area contributed by atoms with Gasteiger partial charge in [-0.15, -0.1) is 0 Å². The van der Waals surface area contributed by atoms with Crippen LogP contribution in [0.15, 0.2) is 42.5 Å². The Labute approximate surface area is 160 Å². The van der Waals surface area contributed by atoms with E-state index in [9.17, 15) is 4.79 Å². The fourth-order valence-electron chi connectivity index (χ4n) is 5.05. The van der Waals surface area contributed by atoms with Crippen LogP contribution in [0.4, 0.5) is 0 Å². The van der Waals surface area contributed by atoms with Crippen molar-refractivity contribution >= 4 is 16.7 Å². The monoisotopic (exact) mass is 369 g/mol. The van der Waals surface area contributed by atoms with Crippen LogP contribution < -0.4 is 0 Å². The van der Waals surface area contributed by atoms with Crippen molar-refractivity contribution in [2.75, 3.05) is 28.1 Å². The van der Waals surface area contributed by atoms with Gasteiger partial charge in [0.05, 0.1) is 19.1 Å². The molecule has 2 aromatic rings. The van der Waals surface area contributed by atoms with Crippen LogP contribution >= 0.6 is 0 Å². The predicted molar refractivity (Wildman–Crippen MR) is 104 cm³/mol. The summed E-state index contributed by atoms with van der Waals surface area (Å²) >= 11 is 0. The van der Waals surface area contributed by atoms with Gasteiger partial charge in [-0.1, -0.05) is 42.5 Å². The van der Waals surface area contributed by atoms with Gasteiger partial charge >= 0.3 is 5.97 Å². The number of methoxy groups -OCH3 is 2. The van der Waals surface area contributed by atoms with E-state index in [2.05, 4.69) is 48.3 Å². The Kier molecular flexibility index (Phi) is 5.17. The van der Waals surface area contributed by atoms with Crippen molar-refractivity contribution in [3.63, 3.8) is 0 Å². The number of esters is 1. The van der Waals surface area contributed by atoms with Gasteiger partial charge in [-0.25, -0.2) is 0 Å². The second-order valence-corrected chi connectivity index (χ2v) is 7.65. The van der Waals surface area contributed by atoms with Crippen LogP contribution in [0.5, 0.6) is 0 Å². The lowest BCUT2D eigenvalue weighted by molar-refractivity contribution is -0.154. The van der Waals surface area contributed by atoms with E-state index in [0.29, 0.717) is 6.04 Å². The van der Waals surface area contributed by atoms with Crippen molar-refractivity contribution in [2.45, 2.75) is 36.9 Å². The molecule has 0 aromatic heterocycles. The van der Waals surface area contributed by atoms with Gasteiger partial charge in [0.2, 0.25) is 0 Å². The number of hydrogen-bond acceptors (Lipinski definition) is 5. The van der Waals surface area contributed by atoms with Gasteiger partial charge in [-0.2, -0.15) is 0 Å². The van der Waals surface area contributed by atoms with E-state index >= 15 is 0 Å². The first-order chi connectivity index (χ1) is 13.1. The first kappa shape index (κ1) is 18.4. The van der Waals surface area contributed by atoms with Crippen LogP contribution in [0, 0.1) is 5.92 Å². The molecule has 5 heteroatoms. The van der Waals surface area contributed by atoms with E-state index in [1.165, 1.54) is 23.4 Å². The Morgan fingerprint density at radius 3 is 2.63 bits per heavy atom. The number of piperidine rings is 1. The van der Waals surface area contributed by atoms with Crippen molar-refractivity contribution in [3.05, 3.63) is 48.0 Å². The molecule has 0 spiro atoms. The number of hydrogen-bond donors (Lipinski definition) is 0. The van der Waals surface area contributed by atoms with Crippen LogP contribution in [-0.4, -0.2) is 57.1 Å². The Hall–Kier alpha value is -1.95. The van der Waals surface area contributed by atoms with E-state index in [-0.39, 0.29) is 36.7 Å². The summed E-state index contributed by atoms with van der Waals surface area (Å²) in [5.74, 6) is -0.275. The van der Waals surface area contributed by atoms with Gasteiger partial charge in [0.25, 0.3) is 0 Å². The summed E-state index contributed by atoms with van der Waals surface area (Å²) in [6.07, 6.45) is 1.83. The largest absolute Gasteiger partial charge is 0.469 e. The fourth-order valence-corrected chi connectivity index (χ4v) is 5.05. The molecule has 0 radical (unpaired) electrons. The number of fused-ring (bicyclic) bond motifs is 3. The van der Waals surface area contributed by atoms with Crippen LogP contribution in [0.1, 0.15) is 24.3 Å². The number of nitrogens with zero attached hydrogens (tertiary/aromatic N) is 1. The van der Waals surface area contributed by atoms with Crippen molar-refractivity contribution in [3.8, 4) is 0 Å². The number of rotatable bonds is 5. The smallest absolute Gasteiger partial charge is 0.310 e. The van der Waals surface area contributed by atoms with Gasteiger partial charge in [0, 0.05) is 25.1 Å². The molecule has 2 heterocycles. The van der Waals surface area contributed by atoms with E-state index in [0.717, 1.165) is 12.8 Å². The normalized spacial score (nSPS) is 30.6. The average Bonchev–Trinajstić information content (AvgIpc) is 2.89. The molecular formula is C22H27NO4. The third kappa shape index (κ3) is 3.24. The van der Waals surface area contributed by atoms with Gasteiger partial charge < -0.3 is 14.2 Å². The molecular weight excluding hydrogens is 342 g/mol. The Morgan fingerprint density at radius 1 is 1.11 bits per heavy atom. The van der Waals surface area contributed by atoms with Crippen molar-refractivity contribution in [2.24, 2.45) is 5.92 Å². The molecule has 144 valence electrons. The molecule has 0 saturated carbocycles. The van der Waals surface area contributed by atoms with Gasteiger partial charge in [-0.05, 0) is 36.2 Å². The van der Waals surface area contributed by atoms with Crippen molar-refractivity contribution < 1.29 is 19.0 Å². The quantitative estimate of drug-likeness (QED) is 0.598. The Morgan fingerprint density at radius 2 is 1.89 bits per heavy atom. The highest BCUT2D eigenvalue weighted by Crippen LogP contribution is 2.48. The average molecular weight is 369 g/mol. The molecule has 2 fully saturated rings. The maximum absolute atomic E-state index is 12.8. The summed E-state index contributed by atoms with van der Waals surface area (Å²) in [5, 5.41) is 2.42. The summed E-state index contributed by atoms with van der Waals surface area (Å²) in [5.41, 5.74) is 1.21. The molecule has 0 amide bonds. The highest BCUT2D eigenvalue weighted by Gasteiger charge is 2.54. The van der Waals surface area contributed by atoms with E-state index < -0.39 is 0 Å². The molecule has 5 atom stereocenters. The zero-order valence-electron chi connectivity index (χ0n) is 16.1. The second kappa shape index (κ2) is 7.58. The topological polar surface area (TPSA) is 48.0 Å². The van der Waals surface area contributed by atoms with E-state index in [4.69, 9.17) is 14.2 Å². The molecule has 27 heavy (non-hydrogen) atoms. The maximum atomic E-state index is 12.8. The summed E-state index contributed by atoms with van der Waals surface area (Å²) < 4.78 is 16.3. The van der Waals surface area contributed by atoms with Gasteiger partial charge in [0.15, 0.2) is 0 Å². The summed E-state index contributed by atoms with van der Waals surface area (Å²) in [6.45, 7) is 0.246. The number of carbonyl (C=O) groups is 1. The van der Waals surface area contributed by atoms with E-state index in [1.807, 2.05) is 6.07 Å². The molecule has 2 aromatic carbocycles. The van der Waals surface area contributed by atoms with E-state index in [1.54, 1.807) is 7.11 Å². The molecule has 5 nitrogen and oxygen atoms in total. The number of benzene rings is 2. The Balaban J connectivity index is 1.71. The van der Waals surface area contributed by atoms with Gasteiger partial charge in [0.1, 0.15) is 6.79 Å². The predicted octanol–water partition coefficient (Wildman–Crippen LogP) is 3.18. The molecule has 5 unspecified atom stereocenters. The van der Waals surface area contributed by atoms with Crippen LogP contribution in [0.2, 0.25) is 0 Å². The summed E-state index contributed by atoms with van der Waals surface area (Å²) in [4.78, 5) is 15.1. The molecule has 2 saturated heterocycles. The Bertz CT molecular complexity index is 823. The zero-order chi connectivity index (χ0) is 19.0. The summed E-state index contributed by atoms with van der Waals surface area (Å²) in [6, 6.07) is 15.3. The first-order valence-corrected chi connectivity index (χ1v) is 9.53. The minimum atomic E-state index is -0.248. The molecule has 2 aliphatic heterocycles. The summed E-state index contributed by atoms with van der Waals surface area (Å²) in [7, 11) is 5.20. The maximum Gasteiger partial charge on any atom is 0.310 e. The van der Waals surface area contributed by atoms with Crippen molar-refractivity contribution in [1.82, 2.24) is 4.90 Å². The number of carbonyl (C=O) groups excluding carboxylic acids is 1. The lowest BCUT2D eigenvalue weighted by Crippen LogP contribution is -2.52. The number of likely N-dealkylation sites (N-methyl/N-ethyl adjacent to an activating group) is 1. The second-order valence-electron chi connectivity index (χ2n) is 7.65. The third-order valence-corrected chi connectivity index (χ3v) is 6.33. The molecule has 2 bridgehead atoms. The highest BCUT2D eigenvalue weighted by molar-refractivity contribution is 5.83. The minimum Gasteiger partial charge on any atom is -0.469 e. The first-order valence-electron chi connectivity index (χ1n) is 9.53. The van der Waals surface area contributed by atoms with Crippen LogP contribution in [0.25, 0.3) is 10.8 Å². The number of ether oxygens (including phenoxy) is 3. The highest BCUT2D eigenvalue weighted by atomic mass is 16.7. The molecule has 0 N–H and O–H groups in total. The lowest BCUT2D eigenvalue weighted by Gasteiger charge is -2.42. The molecule has 0 aliphatic carbocycles. The minimum absolute atomic E-state index is 0.00261. The third-order valence-electron chi connectivity index (χ3n) is 6.33. The standard InChI is InChI=1S/C22H27NO4/c1-23-17-11-18(16-9-8-14-6-4-5-7-15(14)10-16)20(22(24)26-3)21(23)19(12-17)27-13-25-2/h4-10,17-21H,11-13H2,1-3H3. The van der Waals surface area contributed by atoms with Gasteiger partial charge in [-0.3, -0.25) is 9.69 Å². The molecule has 2 aliphatic rings. The zero-order valence-corrected chi connectivity index (χ0v) is 16.1. The molecule has 4 rings (SSSR count).